The maximum absolute atomic E-state index is 5.80. The molecule has 0 amide bonds. The van der Waals surface area contributed by atoms with Gasteiger partial charge in [0.2, 0.25) is 0 Å². The molecule has 0 aliphatic heterocycles. The van der Waals surface area contributed by atoms with E-state index in [1.807, 2.05) is 0 Å². The summed E-state index contributed by atoms with van der Waals surface area (Å²) in [6, 6.07) is 0.110. The lowest BCUT2D eigenvalue weighted by atomic mass is 10.0. The molecule has 0 bridgehead atoms. The Kier molecular flexibility index (Phi) is 8.25. The maximum atomic E-state index is 5.80. The summed E-state index contributed by atoms with van der Waals surface area (Å²) in [4.78, 5) is 0. The first-order valence-corrected chi connectivity index (χ1v) is 7.54. The van der Waals surface area contributed by atoms with E-state index in [-0.39, 0.29) is 6.04 Å². The normalized spacial score (nSPS) is 12.7. The summed E-state index contributed by atoms with van der Waals surface area (Å²) >= 11 is 0. The predicted molar refractivity (Wildman–Crippen MR) is 80.3 cm³/mol. The minimum absolute atomic E-state index is 0.110. The molecule has 110 valence electrons. The number of rotatable bonds is 11. The molecule has 5 heteroatoms. The van der Waals surface area contributed by atoms with Gasteiger partial charge in [-0.15, -0.1) is 0 Å². The summed E-state index contributed by atoms with van der Waals surface area (Å²) < 4.78 is 0. The quantitative estimate of drug-likeness (QED) is 0.282. The maximum Gasteiger partial charge on any atom is 0.123 e. The fraction of sp³-hybridized carbons (Fsp3) is 0.786. The van der Waals surface area contributed by atoms with Gasteiger partial charge < -0.3 is 5.73 Å². The smallest absolute Gasteiger partial charge is 0.123 e. The fourth-order valence-corrected chi connectivity index (χ4v) is 2.39. The molecule has 0 saturated heterocycles. The van der Waals surface area contributed by atoms with Crippen molar-refractivity contribution in [2.75, 3.05) is 5.73 Å². The van der Waals surface area contributed by atoms with E-state index in [9.17, 15) is 0 Å². The Morgan fingerprint density at radius 2 is 1.79 bits per heavy atom. The van der Waals surface area contributed by atoms with Crippen molar-refractivity contribution in [3.05, 3.63) is 11.8 Å². The van der Waals surface area contributed by atoms with Gasteiger partial charge in [0, 0.05) is 5.56 Å². The average Bonchev–Trinajstić information content (AvgIpc) is 2.83. The van der Waals surface area contributed by atoms with Gasteiger partial charge in [0.05, 0.1) is 12.2 Å². The van der Waals surface area contributed by atoms with Crippen LogP contribution >= 0.6 is 0 Å². The summed E-state index contributed by atoms with van der Waals surface area (Å²) in [7, 11) is 0. The number of hydrogen-bond donors (Lipinski definition) is 4. The predicted octanol–water partition coefficient (Wildman–Crippen LogP) is 3.03. The van der Waals surface area contributed by atoms with Crippen LogP contribution in [0.2, 0.25) is 0 Å². The largest absolute Gasteiger partial charge is 0.384 e. The van der Waals surface area contributed by atoms with Crippen LogP contribution in [0.5, 0.6) is 0 Å². The highest BCUT2D eigenvalue weighted by Gasteiger charge is 2.13. The monoisotopic (exact) mass is 267 g/mol. The van der Waals surface area contributed by atoms with E-state index in [0.717, 1.165) is 12.0 Å². The topological polar surface area (TPSA) is 92.7 Å². The molecule has 1 atom stereocenters. The highest BCUT2D eigenvalue weighted by Crippen LogP contribution is 2.22. The van der Waals surface area contributed by atoms with Gasteiger partial charge in [0.15, 0.2) is 0 Å². The lowest BCUT2D eigenvalue weighted by molar-refractivity contribution is 0.476. The molecule has 0 spiro atoms. The second-order valence-corrected chi connectivity index (χ2v) is 5.22. The number of nitrogens with two attached hydrogens (primary N) is 2. The first-order chi connectivity index (χ1) is 9.29. The number of aromatic amines is 1. The van der Waals surface area contributed by atoms with Gasteiger partial charge in [-0.2, -0.15) is 5.10 Å². The standard InChI is InChI=1S/C14H29N5/c1-2-3-4-5-6-7-8-9-10-13(18-16)12-11-17-19-14(12)15/h11,13,18H,2-10,16H2,1H3,(H3,15,17,19). The molecule has 1 unspecified atom stereocenters. The van der Waals surface area contributed by atoms with Crippen molar-refractivity contribution in [3.63, 3.8) is 0 Å². The van der Waals surface area contributed by atoms with Crippen molar-refractivity contribution in [2.45, 2.75) is 70.8 Å². The zero-order valence-electron chi connectivity index (χ0n) is 12.1. The number of nitrogens with zero attached hydrogens (tertiary/aromatic N) is 1. The third-order valence-corrected chi connectivity index (χ3v) is 3.62. The molecule has 0 aromatic carbocycles. The lowest BCUT2D eigenvalue weighted by Gasteiger charge is -2.14. The Balaban J connectivity index is 2.09. The number of hydrogen-bond acceptors (Lipinski definition) is 4. The molecule has 0 aliphatic carbocycles. The van der Waals surface area contributed by atoms with E-state index in [1.165, 1.54) is 51.4 Å². The Bertz CT molecular complexity index is 323. The van der Waals surface area contributed by atoms with E-state index in [0.29, 0.717) is 5.82 Å². The molecule has 0 radical (unpaired) electrons. The summed E-state index contributed by atoms with van der Waals surface area (Å²) in [5.74, 6) is 6.19. The molecule has 19 heavy (non-hydrogen) atoms. The van der Waals surface area contributed by atoms with Crippen LogP contribution in [0.1, 0.15) is 76.3 Å². The van der Waals surface area contributed by atoms with Gasteiger partial charge >= 0.3 is 0 Å². The van der Waals surface area contributed by atoms with Gasteiger partial charge in [0.25, 0.3) is 0 Å². The Hall–Kier alpha value is -1.07. The number of H-pyrrole nitrogens is 1. The van der Waals surface area contributed by atoms with Crippen LogP contribution in [0.25, 0.3) is 0 Å². The van der Waals surface area contributed by atoms with Gasteiger partial charge in [0.1, 0.15) is 5.82 Å². The number of unbranched alkanes of at least 4 members (excludes halogenated alkanes) is 7. The molecule has 0 saturated carbocycles. The van der Waals surface area contributed by atoms with Crippen molar-refractivity contribution in [3.8, 4) is 0 Å². The minimum atomic E-state index is 0.110. The summed E-state index contributed by atoms with van der Waals surface area (Å²) in [5, 5.41) is 6.68. The summed E-state index contributed by atoms with van der Waals surface area (Å²) in [5.41, 5.74) is 9.60. The van der Waals surface area contributed by atoms with Crippen LogP contribution < -0.4 is 17.0 Å². The number of hydrazine groups is 1. The summed E-state index contributed by atoms with van der Waals surface area (Å²) in [6.07, 6.45) is 13.3. The molecule has 6 N–H and O–H groups in total. The number of aromatic nitrogens is 2. The fourth-order valence-electron chi connectivity index (χ4n) is 2.39. The van der Waals surface area contributed by atoms with Crippen LogP contribution in [0, 0.1) is 0 Å². The Morgan fingerprint density at radius 3 is 2.32 bits per heavy atom. The first-order valence-electron chi connectivity index (χ1n) is 7.54. The lowest BCUT2D eigenvalue weighted by Crippen LogP contribution is -2.28. The zero-order chi connectivity index (χ0) is 13.9. The number of nitrogen functional groups attached to an aromatic ring is 1. The molecular formula is C14H29N5. The average molecular weight is 267 g/mol. The van der Waals surface area contributed by atoms with E-state index < -0.39 is 0 Å². The Morgan fingerprint density at radius 1 is 1.16 bits per heavy atom. The van der Waals surface area contributed by atoms with E-state index >= 15 is 0 Å². The highest BCUT2D eigenvalue weighted by atomic mass is 15.2. The summed E-state index contributed by atoms with van der Waals surface area (Å²) in [6.45, 7) is 2.25. The van der Waals surface area contributed by atoms with Crippen LogP contribution in [-0.2, 0) is 0 Å². The third-order valence-electron chi connectivity index (χ3n) is 3.62. The van der Waals surface area contributed by atoms with Crippen LogP contribution in [0.4, 0.5) is 5.82 Å². The van der Waals surface area contributed by atoms with E-state index in [1.54, 1.807) is 6.20 Å². The molecule has 1 heterocycles. The molecular weight excluding hydrogens is 238 g/mol. The molecule has 1 aromatic rings. The Labute approximate surface area is 116 Å². The first kappa shape index (κ1) is 16.0. The molecule has 1 rings (SSSR count). The number of anilines is 1. The van der Waals surface area contributed by atoms with Gasteiger partial charge in [-0.25, -0.2) is 0 Å². The van der Waals surface area contributed by atoms with E-state index in [4.69, 9.17) is 11.6 Å². The van der Waals surface area contributed by atoms with Gasteiger partial charge in [-0.05, 0) is 6.42 Å². The van der Waals surface area contributed by atoms with Crippen LogP contribution in [0.15, 0.2) is 6.20 Å². The van der Waals surface area contributed by atoms with E-state index in [2.05, 4.69) is 22.5 Å². The van der Waals surface area contributed by atoms with Crippen molar-refractivity contribution in [1.29, 1.82) is 0 Å². The molecule has 1 aromatic heterocycles. The second-order valence-electron chi connectivity index (χ2n) is 5.22. The van der Waals surface area contributed by atoms with Gasteiger partial charge in [-0.3, -0.25) is 16.4 Å². The highest BCUT2D eigenvalue weighted by molar-refractivity contribution is 5.39. The molecule has 0 aliphatic rings. The zero-order valence-corrected chi connectivity index (χ0v) is 12.1. The molecule has 5 nitrogen and oxygen atoms in total. The van der Waals surface area contributed by atoms with Crippen molar-refractivity contribution in [1.82, 2.24) is 15.6 Å². The number of nitrogens with one attached hydrogen (secondary N) is 2. The van der Waals surface area contributed by atoms with Crippen molar-refractivity contribution < 1.29 is 0 Å². The second kappa shape index (κ2) is 9.81. The van der Waals surface area contributed by atoms with Crippen molar-refractivity contribution >= 4 is 5.82 Å². The third kappa shape index (κ3) is 6.07. The van der Waals surface area contributed by atoms with Crippen LogP contribution in [-0.4, -0.2) is 10.2 Å². The van der Waals surface area contributed by atoms with Gasteiger partial charge in [-0.1, -0.05) is 58.3 Å². The minimum Gasteiger partial charge on any atom is -0.384 e. The van der Waals surface area contributed by atoms with Crippen molar-refractivity contribution in [2.24, 2.45) is 5.84 Å². The van der Waals surface area contributed by atoms with Crippen LogP contribution in [0.3, 0.4) is 0 Å². The SMILES string of the molecule is CCCCCCCCCCC(NN)c1cn[nH]c1N. The molecule has 0 fully saturated rings.